The van der Waals surface area contributed by atoms with Crippen molar-refractivity contribution in [2.45, 2.75) is 37.3 Å². The van der Waals surface area contributed by atoms with Gasteiger partial charge in [-0.2, -0.15) is 0 Å². The van der Waals surface area contributed by atoms with E-state index in [-0.39, 0.29) is 11.9 Å². The number of rotatable bonds is 7. The van der Waals surface area contributed by atoms with Crippen molar-refractivity contribution in [2.24, 2.45) is 7.05 Å². The molecule has 27 heavy (non-hydrogen) atoms. The van der Waals surface area contributed by atoms with Crippen LogP contribution in [0.1, 0.15) is 35.3 Å². The Hall–Kier alpha value is -2.53. The maximum absolute atomic E-state index is 13.0. The molecule has 0 aliphatic carbocycles. The summed E-state index contributed by atoms with van der Waals surface area (Å²) >= 11 is 1.69. The van der Waals surface area contributed by atoms with Gasteiger partial charge in [-0.1, -0.05) is 54.2 Å². The van der Waals surface area contributed by atoms with E-state index < -0.39 is 0 Å². The van der Waals surface area contributed by atoms with Crippen LogP contribution in [0.3, 0.4) is 0 Å². The van der Waals surface area contributed by atoms with Crippen molar-refractivity contribution in [1.29, 1.82) is 0 Å². The van der Waals surface area contributed by atoms with E-state index in [2.05, 4.69) is 31.0 Å². The van der Waals surface area contributed by atoms with Crippen LogP contribution in [0.4, 0.5) is 0 Å². The van der Waals surface area contributed by atoms with Gasteiger partial charge >= 0.3 is 0 Å². The highest BCUT2D eigenvalue weighted by atomic mass is 32.2. The SMILES string of the molecule is CC(C)N(Cc1ccccc1)C(=O)c1ccc(CSc2nccn2C)cc1. The number of benzene rings is 2. The first kappa shape index (κ1) is 19.2. The molecule has 3 rings (SSSR count). The second-order valence-corrected chi connectivity index (χ2v) is 7.76. The molecule has 0 unspecified atom stereocenters. The molecule has 0 atom stereocenters. The van der Waals surface area contributed by atoms with E-state index in [1.807, 2.05) is 65.2 Å². The van der Waals surface area contributed by atoms with Crippen molar-refractivity contribution in [3.63, 3.8) is 0 Å². The molecule has 4 nitrogen and oxygen atoms in total. The largest absolute Gasteiger partial charge is 0.332 e. The van der Waals surface area contributed by atoms with Crippen molar-refractivity contribution in [1.82, 2.24) is 14.5 Å². The van der Waals surface area contributed by atoms with E-state index >= 15 is 0 Å². The lowest BCUT2D eigenvalue weighted by molar-refractivity contribution is 0.0690. The molecule has 2 aromatic carbocycles. The number of hydrogen-bond acceptors (Lipinski definition) is 3. The van der Waals surface area contributed by atoms with Gasteiger partial charge in [-0.25, -0.2) is 4.98 Å². The summed E-state index contributed by atoms with van der Waals surface area (Å²) in [6, 6.07) is 18.2. The Labute approximate surface area is 165 Å². The first-order chi connectivity index (χ1) is 13.0. The quantitative estimate of drug-likeness (QED) is 0.555. The molecule has 140 valence electrons. The Kier molecular flexibility index (Phi) is 6.35. The number of amides is 1. The molecular formula is C22H25N3OS. The summed E-state index contributed by atoms with van der Waals surface area (Å²) in [5.41, 5.74) is 3.05. The number of hydrogen-bond donors (Lipinski definition) is 0. The Balaban J connectivity index is 1.67. The van der Waals surface area contributed by atoms with Crippen molar-refractivity contribution >= 4 is 17.7 Å². The highest BCUT2D eigenvalue weighted by Gasteiger charge is 2.19. The molecule has 0 N–H and O–H groups in total. The van der Waals surface area contributed by atoms with Crippen LogP contribution < -0.4 is 0 Å². The first-order valence-electron chi connectivity index (χ1n) is 9.08. The molecule has 0 fully saturated rings. The molecule has 1 heterocycles. The Morgan fingerprint density at radius 1 is 1.07 bits per heavy atom. The van der Waals surface area contributed by atoms with Crippen molar-refractivity contribution in [3.8, 4) is 0 Å². The summed E-state index contributed by atoms with van der Waals surface area (Å²) in [6.07, 6.45) is 3.74. The van der Waals surface area contributed by atoms with Crippen LogP contribution in [-0.2, 0) is 19.3 Å². The van der Waals surface area contributed by atoms with E-state index in [0.29, 0.717) is 6.54 Å². The van der Waals surface area contributed by atoms with Gasteiger partial charge in [0.15, 0.2) is 5.16 Å². The lowest BCUT2D eigenvalue weighted by Crippen LogP contribution is -2.36. The molecule has 0 saturated heterocycles. The zero-order valence-electron chi connectivity index (χ0n) is 16.0. The summed E-state index contributed by atoms with van der Waals surface area (Å²) in [6.45, 7) is 4.73. The molecule has 0 bridgehead atoms. The minimum Gasteiger partial charge on any atom is -0.332 e. The van der Waals surface area contributed by atoms with Crippen LogP contribution in [0.15, 0.2) is 72.1 Å². The normalized spacial score (nSPS) is 11.0. The van der Waals surface area contributed by atoms with Gasteiger partial charge in [0, 0.05) is 43.3 Å². The second-order valence-electron chi connectivity index (χ2n) is 6.82. The van der Waals surface area contributed by atoms with E-state index in [9.17, 15) is 4.79 Å². The zero-order chi connectivity index (χ0) is 19.2. The first-order valence-corrected chi connectivity index (χ1v) is 10.1. The molecule has 0 spiro atoms. The average Bonchev–Trinajstić information content (AvgIpc) is 3.10. The van der Waals surface area contributed by atoms with Gasteiger partial charge < -0.3 is 9.47 Å². The number of imidazole rings is 1. The van der Waals surface area contributed by atoms with Crippen LogP contribution in [0.25, 0.3) is 0 Å². The number of aromatic nitrogens is 2. The maximum atomic E-state index is 13.0. The van der Waals surface area contributed by atoms with Gasteiger partial charge in [-0.3, -0.25) is 4.79 Å². The smallest absolute Gasteiger partial charge is 0.254 e. The van der Waals surface area contributed by atoms with Crippen LogP contribution in [0.2, 0.25) is 0 Å². The molecule has 3 aromatic rings. The summed E-state index contributed by atoms with van der Waals surface area (Å²) in [5.74, 6) is 0.897. The van der Waals surface area contributed by atoms with Crippen molar-refractivity contribution in [3.05, 3.63) is 83.7 Å². The molecule has 0 saturated carbocycles. The number of thioether (sulfide) groups is 1. The summed E-state index contributed by atoms with van der Waals surface area (Å²) < 4.78 is 2.01. The van der Waals surface area contributed by atoms with Gasteiger partial charge in [0.1, 0.15) is 0 Å². The lowest BCUT2D eigenvalue weighted by atomic mass is 10.1. The lowest BCUT2D eigenvalue weighted by Gasteiger charge is -2.27. The summed E-state index contributed by atoms with van der Waals surface area (Å²) in [5, 5.41) is 0.990. The van der Waals surface area contributed by atoms with Gasteiger partial charge in [0.05, 0.1) is 0 Å². The minimum atomic E-state index is 0.0668. The molecule has 1 amide bonds. The Morgan fingerprint density at radius 2 is 1.78 bits per heavy atom. The topological polar surface area (TPSA) is 38.1 Å². The summed E-state index contributed by atoms with van der Waals surface area (Å²) in [7, 11) is 1.99. The fourth-order valence-corrected chi connectivity index (χ4v) is 3.71. The monoisotopic (exact) mass is 379 g/mol. The Morgan fingerprint density at radius 3 is 2.37 bits per heavy atom. The molecule has 5 heteroatoms. The van der Waals surface area contributed by atoms with E-state index in [4.69, 9.17) is 0 Å². The van der Waals surface area contributed by atoms with Gasteiger partial charge in [0.2, 0.25) is 0 Å². The third-order valence-electron chi connectivity index (χ3n) is 4.43. The van der Waals surface area contributed by atoms with Gasteiger partial charge in [0.25, 0.3) is 5.91 Å². The van der Waals surface area contributed by atoms with Crippen LogP contribution in [0, 0.1) is 0 Å². The van der Waals surface area contributed by atoms with Crippen molar-refractivity contribution < 1.29 is 4.79 Å². The fraction of sp³-hybridized carbons (Fsp3) is 0.273. The fourth-order valence-electron chi connectivity index (χ4n) is 2.82. The predicted molar refractivity (Wildman–Crippen MR) is 111 cm³/mol. The van der Waals surface area contributed by atoms with Crippen LogP contribution in [-0.4, -0.2) is 26.4 Å². The Bertz CT molecular complexity index is 872. The van der Waals surface area contributed by atoms with Crippen LogP contribution >= 0.6 is 11.8 Å². The van der Waals surface area contributed by atoms with E-state index in [0.717, 1.165) is 22.0 Å². The molecule has 1 aromatic heterocycles. The molecule has 0 radical (unpaired) electrons. The highest BCUT2D eigenvalue weighted by Crippen LogP contribution is 2.21. The number of aryl methyl sites for hydroxylation is 1. The third-order valence-corrected chi connectivity index (χ3v) is 5.56. The zero-order valence-corrected chi connectivity index (χ0v) is 16.8. The summed E-state index contributed by atoms with van der Waals surface area (Å²) in [4.78, 5) is 19.2. The van der Waals surface area contributed by atoms with Crippen molar-refractivity contribution in [2.75, 3.05) is 0 Å². The highest BCUT2D eigenvalue weighted by molar-refractivity contribution is 7.98. The van der Waals surface area contributed by atoms with E-state index in [1.165, 1.54) is 5.56 Å². The van der Waals surface area contributed by atoms with Gasteiger partial charge in [-0.15, -0.1) is 0 Å². The molecular weight excluding hydrogens is 354 g/mol. The molecule has 0 aliphatic heterocycles. The third kappa shape index (κ3) is 5.01. The standard InChI is InChI=1S/C22H25N3OS/c1-17(2)25(15-18-7-5-4-6-8-18)21(26)20-11-9-19(10-12-20)16-27-22-23-13-14-24(22)3/h4-14,17H,15-16H2,1-3H3. The second kappa shape index (κ2) is 8.91. The predicted octanol–water partition coefficient (Wildman–Crippen LogP) is 4.76. The van der Waals surface area contributed by atoms with Gasteiger partial charge in [-0.05, 0) is 37.1 Å². The average molecular weight is 380 g/mol. The number of carbonyl (C=O) groups is 1. The maximum Gasteiger partial charge on any atom is 0.254 e. The minimum absolute atomic E-state index is 0.0668. The molecule has 0 aliphatic rings. The van der Waals surface area contributed by atoms with Crippen LogP contribution in [0.5, 0.6) is 0 Å². The number of nitrogens with zero attached hydrogens (tertiary/aromatic N) is 3. The number of carbonyl (C=O) groups excluding carboxylic acids is 1. The van der Waals surface area contributed by atoms with E-state index in [1.54, 1.807) is 18.0 Å².